The molecule has 4 nitrogen and oxygen atoms in total. The lowest BCUT2D eigenvalue weighted by atomic mass is 9.96. The van der Waals surface area contributed by atoms with Crippen LogP contribution in [0.3, 0.4) is 0 Å². The summed E-state index contributed by atoms with van der Waals surface area (Å²) >= 11 is 1.95. The van der Waals surface area contributed by atoms with E-state index in [0.29, 0.717) is 18.2 Å². The summed E-state index contributed by atoms with van der Waals surface area (Å²) in [6, 6.07) is 9.21. The summed E-state index contributed by atoms with van der Waals surface area (Å²) in [5.41, 5.74) is 2.71. The fraction of sp³-hybridized carbons (Fsp3) is 0.611. The van der Waals surface area contributed by atoms with Gasteiger partial charge in [0.2, 0.25) is 0 Å². The van der Waals surface area contributed by atoms with Gasteiger partial charge >= 0.3 is 0 Å². The molecule has 2 aliphatic heterocycles. The fourth-order valence-corrected chi connectivity index (χ4v) is 4.09. The zero-order valence-electron chi connectivity index (χ0n) is 14.5. The average molecular weight is 461 g/mol. The third kappa shape index (κ3) is 5.52. The number of aliphatic imine (C=N–C) groups is 1. The Morgan fingerprint density at radius 1 is 1.29 bits per heavy atom. The second kappa shape index (κ2) is 9.87. The molecule has 0 spiro atoms. The molecule has 1 aromatic rings. The van der Waals surface area contributed by atoms with E-state index in [1.807, 2.05) is 18.8 Å². The van der Waals surface area contributed by atoms with Gasteiger partial charge < -0.3 is 15.4 Å². The molecule has 3 atom stereocenters. The maximum absolute atomic E-state index is 5.88. The Balaban J connectivity index is 0.00000208. The van der Waals surface area contributed by atoms with E-state index in [2.05, 4.69) is 46.8 Å². The SMILES string of the molecule is CN=C(NCCSCc1ccc(C)cc1)NC1CC2CCC1O2.I. The van der Waals surface area contributed by atoms with Crippen LogP contribution < -0.4 is 10.6 Å². The first kappa shape index (κ1) is 19.8. The van der Waals surface area contributed by atoms with Crippen molar-refractivity contribution in [3.05, 3.63) is 35.4 Å². The van der Waals surface area contributed by atoms with Crippen LogP contribution in [0, 0.1) is 6.92 Å². The molecule has 0 aromatic heterocycles. The van der Waals surface area contributed by atoms with Crippen LogP contribution in [0.4, 0.5) is 0 Å². The molecule has 2 saturated heterocycles. The molecule has 2 bridgehead atoms. The van der Waals surface area contributed by atoms with E-state index in [1.54, 1.807) is 0 Å². The van der Waals surface area contributed by atoms with Crippen molar-refractivity contribution >= 4 is 41.7 Å². The number of halogens is 1. The summed E-state index contributed by atoms with van der Waals surface area (Å²) in [6.45, 7) is 3.05. The Bertz CT molecular complexity index is 538. The Hall–Kier alpha value is -0.470. The predicted molar refractivity (Wildman–Crippen MR) is 114 cm³/mol. The molecule has 1 aromatic carbocycles. The Labute approximate surface area is 166 Å². The number of aryl methyl sites for hydroxylation is 1. The number of fused-ring (bicyclic) bond motifs is 2. The summed E-state index contributed by atoms with van der Waals surface area (Å²) in [5.74, 6) is 3.04. The maximum Gasteiger partial charge on any atom is 0.191 e. The minimum Gasteiger partial charge on any atom is -0.373 e. The highest BCUT2D eigenvalue weighted by Crippen LogP contribution is 2.34. The van der Waals surface area contributed by atoms with Gasteiger partial charge in [-0.3, -0.25) is 4.99 Å². The summed E-state index contributed by atoms with van der Waals surface area (Å²) < 4.78 is 5.88. The highest BCUT2D eigenvalue weighted by atomic mass is 127. The Morgan fingerprint density at radius 3 is 2.71 bits per heavy atom. The predicted octanol–water partition coefficient (Wildman–Crippen LogP) is 3.33. The third-order valence-corrected chi connectivity index (χ3v) is 5.61. The molecule has 0 aliphatic carbocycles. The van der Waals surface area contributed by atoms with Crippen molar-refractivity contribution in [2.45, 2.75) is 50.2 Å². The van der Waals surface area contributed by atoms with E-state index >= 15 is 0 Å². The van der Waals surface area contributed by atoms with Gasteiger partial charge in [-0.25, -0.2) is 0 Å². The van der Waals surface area contributed by atoms with Gasteiger partial charge in [0, 0.05) is 25.1 Å². The summed E-state index contributed by atoms with van der Waals surface area (Å²) in [7, 11) is 1.84. The van der Waals surface area contributed by atoms with E-state index in [-0.39, 0.29) is 24.0 Å². The first-order valence-corrected chi connectivity index (χ1v) is 9.66. The number of hydrogen-bond acceptors (Lipinski definition) is 3. The molecule has 3 rings (SSSR count). The monoisotopic (exact) mass is 461 g/mol. The van der Waals surface area contributed by atoms with Gasteiger partial charge in [-0.1, -0.05) is 29.8 Å². The molecule has 2 heterocycles. The van der Waals surface area contributed by atoms with Crippen molar-refractivity contribution in [2.24, 2.45) is 4.99 Å². The number of guanidine groups is 1. The molecule has 2 fully saturated rings. The molecule has 2 aliphatic rings. The van der Waals surface area contributed by atoms with Crippen LogP contribution in [-0.4, -0.2) is 43.6 Å². The van der Waals surface area contributed by atoms with Gasteiger partial charge in [0.25, 0.3) is 0 Å². The number of hydrogen-bond donors (Lipinski definition) is 2. The first-order chi connectivity index (χ1) is 11.2. The van der Waals surface area contributed by atoms with Crippen LogP contribution in [0.2, 0.25) is 0 Å². The van der Waals surface area contributed by atoms with Crippen molar-refractivity contribution in [3.63, 3.8) is 0 Å². The van der Waals surface area contributed by atoms with E-state index in [0.717, 1.165) is 30.4 Å². The van der Waals surface area contributed by atoms with Gasteiger partial charge in [-0.15, -0.1) is 24.0 Å². The third-order valence-electron chi connectivity index (χ3n) is 4.58. The Morgan fingerprint density at radius 2 is 2.08 bits per heavy atom. The molecule has 6 heteroatoms. The van der Waals surface area contributed by atoms with Crippen LogP contribution in [0.25, 0.3) is 0 Å². The lowest BCUT2D eigenvalue weighted by Crippen LogP contribution is -2.47. The number of rotatable bonds is 6. The molecule has 2 N–H and O–H groups in total. The molecule has 3 unspecified atom stereocenters. The minimum atomic E-state index is 0. The van der Waals surface area contributed by atoms with Gasteiger partial charge in [0.1, 0.15) is 0 Å². The van der Waals surface area contributed by atoms with Gasteiger partial charge in [-0.2, -0.15) is 11.8 Å². The number of ether oxygens (including phenoxy) is 1. The average Bonchev–Trinajstić information content (AvgIpc) is 3.18. The summed E-state index contributed by atoms with van der Waals surface area (Å²) in [6.07, 6.45) is 4.39. The van der Waals surface area contributed by atoms with E-state index in [9.17, 15) is 0 Å². The van der Waals surface area contributed by atoms with Crippen LogP contribution in [0.15, 0.2) is 29.3 Å². The van der Waals surface area contributed by atoms with Crippen LogP contribution >= 0.6 is 35.7 Å². The smallest absolute Gasteiger partial charge is 0.191 e. The second-order valence-corrected chi connectivity index (χ2v) is 7.50. The molecular weight excluding hydrogens is 433 g/mol. The fourth-order valence-electron chi connectivity index (χ4n) is 3.28. The van der Waals surface area contributed by atoms with Crippen molar-refractivity contribution in [2.75, 3.05) is 19.3 Å². The summed E-state index contributed by atoms with van der Waals surface area (Å²) in [4.78, 5) is 4.33. The van der Waals surface area contributed by atoms with Crippen LogP contribution in [0.5, 0.6) is 0 Å². The van der Waals surface area contributed by atoms with Crippen LogP contribution in [-0.2, 0) is 10.5 Å². The van der Waals surface area contributed by atoms with Crippen molar-refractivity contribution in [1.82, 2.24) is 10.6 Å². The second-order valence-electron chi connectivity index (χ2n) is 6.40. The zero-order chi connectivity index (χ0) is 16.1. The van der Waals surface area contributed by atoms with E-state index in [1.165, 1.54) is 24.0 Å². The Kier molecular flexibility index (Phi) is 8.16. The number of thioether (sulfide) groups is 1. The van der Waals surface area contributed by atoms with E-state index in [4.69, 9.17) is 4.74 Å². The van der Waals surface area contributed by atoms with Gasteiger partial charge in [0.15, 0.2) is 5.96 Å². The lowest BCUT2D eigenvalue weighted by Gasteiger charge is -2.22. The van der Waals surface area contributed by atoms with Gasteiger partial charge in [-0.05, 0) is 31.7 Å². The highest BCUT2D eigenvalue weighted by Gasteiger charge is 2.41. The number of nitrogens with zero attached hydrogens (tertiary/aromatic N) is 1. The van der Waals surface area contributed by atoms with Crippen molar-refractivity contribution < 1.29 is 4.74 Å². The standard InChI is InChI=1S/C18H27N3OS.HI/c1-13-3-5-14(6-4-13)12-23-10-9-20-18(19-2)21-16-11-15-7-8-17(16)22-15;/h3-6,15-17H,7-12H2,1-2H3,(H2,19,20,21);1H. The quantitative estimate of drug-likeness (QED) is 0.295. The lowest BCUT2D eigenvalue weighted by molar-refractivity contribution is 0.0992. The zero-order valence-corrected chi connectivity index (χ0v) is 17.6. The number of nitrogens with one attached hydrogen (secondary N) is 2. The largest absolute Gasteiger partial charge is 0.373 e. The first-order valence-electron chi connectivity index (χ1n) is 8.50. The maximum atomic E-state index is 5.88. The molecular formula is C18H28IN3OS. The molecule has 0 amide bonds. The van der Waals surface area contributed by atoms with Crippen molar-refractivity contribution in [1.29, 1.82) is 0 Å². The molecule has 24 heavy (non-hydrogen) atoms. The molecule has 0 saturated carbocycles. The normalized spacial score (nSPS) is 25.4. The topological polar surface area (TPSA) is 45.7 Å². The van der Waals surface area contributed by atoms with Crippen molar-refractivity contribution in [3.8, 4) is 0 Å². The number of benzene rings is 1. The molecule has 0 radical (unpaired) electrons. The summed E-state index contributed by atoms with van der Waals surface area (Å²) in [5, 5.41) is 6.93. The van der Waals surface area contributed by atoms with E-state index < -0.39 is 0 Å². The van der Waals surface area contributed by atoms with Gasteiger partial charge in [0.05, 0.1) is 18.2 Å². The molecule has 134 valence electrons. The minimum absolute atomic E-state index is 0. The highest BCUT2D eigenvalue weighted by molar-refractivity contribution is 14.0. The van der Waals surface area contributed by atoms with Crippen LogP contribution in [0.1, 0.15) is 30.4 Å².